The van der Waals surface area contributed by atoms with Gasteiger partial charge in [-0.2, -0.15) is 0 Å². The van der Waals surface area contributed by atoms with E-state index in [4.69, 9.17) is 0 Å². The van der Waals surface area contributed by atoms with Gasteiger partial charge in [-0.15, -0.1) is 0 Å². The molecule has 0 bridgehead atoms. The first-order valence-corrected chi connectivity index (χ1v) is 4.90. The van der Waals surface area contributed by atoms with Crippen LogP contribution >= 0.6 is 0 Å². The van der Waals surface area contributed by atoms with Crippen LogP contribution in [-0.4, -0.2) is 0 Å². The molecule has 1 unspecified atom stereocenters. The largest absolute Gasteiger partial charge is 0.0999 e. The van der Waals surface area contributed by atoms with E-state index >= 15 is 0 Å². The fourth-order valence-electron chi connectivity index (χ4n) is 1.78. The highest BCUT2D eigenvalue weighted by atomic mass is 14.3. The van der Waals surface area contributed by atoms with Gasteiger partial charge in [-0.05, 0) is 24.7 Å². The summed E-state index contributed by atoms with van der Waals surface area (Å²) in [6.45, 7) is 8.64. The van der Waals surface area contributed by atoms with Gasteiger partial charge in [0.2, 0.25) is 0 Å². The molecule has 1 atom stereocenters. The summed E-state index contributed by atoms with van der Waals surface area (Å²) < 4.78 is 0. The Labute approximate surface area is 70.7 Å². The molecule has 0 saturated heterocycles. The Kier molecular flexibility index (Phi) is 3.16. The van der Waals surface area contributed by atoms with E-state index < -0.39 is 0 Å². The Hall–Kier alpha value is -0.260. The van der Waals surface area contributed by atoms with Crippen molar-refractivity contribution in [3.05, 3.63) is 12.2 Å². The predicted octanol–water partition coefficient (Wildman–Crippen LogP) is 3.78. The Morgan fingerprint density at radius 1 is 1.55 bits per heavy atom. The van der Waals surface area contributed by atoms with E-state index in [-0.39, 0.29) is 0 Å². The van der Waals surface area contributed by atoms with Gasteiger partial charge in [-0.25, -0.2) is 0 Å². The summed E-state index contributed by atoms with van der Waals surface area (Å²) in [6, 6.07) is 0. The monoisotopic (exact) mass is 152 g/mol. The van der Waals surface area contributed by atoms with Crippen molar-refractivity contribution in [1.29, 1.82) is 0 Å². The van der Waals surface area contributed by atoms with Crippen LogP contribution in [0.1, 0.15) is 46.0 Å². The fraction of sp³-hybridized carbons (Fsp3) is 0.818. The van der Waals surface area contributed by atoms with Crippen molar-refractivity contribution in [2.24, 2.45) is 11.8 Å². The zero-order chi connectivity index (χ0) is 8.27. The maximum Gasteiger partial charge on any atom is -0.0295 e. The van der Waals surface area contributed by atoms with E-state index in [0.29, 0.717) is 0 Å². The molecule has 0 aromatic heterocycles. The molecule has 0 spiro atoms. The van der Waals surface area contributed by atoms with E-state index in [0.717, 1.165) is 18.3 Å². The zero-order valence-electron chi connectivity index (χ0n) is 7.90. The normalized spacial score (nSPS) is 20.9. The molecule has 0 radical (unpaired) electrons. The van der Waals surface area contributed by atoms with Crippen molar-refractivity contribution >= 4 is 0 Å². The number of allylic oxidation sites excluding steroid dienone is 1. The molecular weight excluding hydrogens is 132 g/mol. The van der Waals surface area contributed by atoms with Gasteiger partial charge in [0.15, 0.2) is 0 Å². The zero-order valence-corrected chi connectivity index (χ0v) is 7.90. The lowest BCUT2D eigenvalue weighted by Crippen LogP contribution is -2.19. The van der Waals surface area contributed by atoms with Crippen LogP contribution in [0.2, 0.25) is 0 Å². The number of hydrogen-bond donors (Lipinski definition) is 0. The first kappa shape index (κ1) is 8.83. The summed E-state index contributed by atoms with van der Waals surface area (Å²) in [5, 5.41) is 0. The third-order valence-electron chi connectivity index (χ3n) is 3.07. The molecule has 0 aromatic carbocycles. The molecule has 11 heavy (non-hydrogen) atoms. The summed E-state index contributed by atoms with van der Waals surface area (Å²) in [7, 11) is 0. The van der Waals surface area contributed by atoms with Crippen molar-refractivity contribution in [3.63, 3.8) is 0 Å². The lowest BCUT2D eigenvalue weighted by atomic mass is 9.74. The molecule has 0 amide bonds. The summed E-state index contributed by atoms with van der Waals surface area (Å²) in [6.07, 6.45) is 6.84. The van der Waals surface area contributed by atoms with Gasteiger partial charge >= 0.3 is 0 Å². The Morgan fingerprint density at radius 2 is 2.18 bits per heavy atom. The van der Waals surface area contributed by atoms with Crippen molar-refractivity contribution in [1.82, 2.24) is 0 Å². The summed E-state index contributed by atoms with van der Waals surface area (Å²) in [5.74, 6) is 1.93. The highest BCUT2D eigenvalue weighted by Crippen LogP contribution is 2.36. The Bertz CT molecular complexity index is 131. The van der Waals surface area contributed by atoms with Gasteiger partial charge < -0.3 is 0 Å². The first-order chi connectivity index (χ1) is 5.24. The van der Waals surface area contributed by atoms with Crippen LogP contribution < -0.4 is 0 Å². The molecule has 0 heteroatoms. The predicted molar refractivity (Wildman–Crippen MR) is 50.6 cm³/mol. The number of hydrogen-bond acceptors (Lipinski definition) is 0. The molecule has 0 N–H and O–H groups in total. The summed E-state index contributed by atoms with van der Waals surface area (Å²) >= 11 is 0. The smallest absolute Gasteiger partial charge is 0.0295 e. The topological polar surface area (TPSA) is 0 Å². The van der Waals surface area contributed by atoms with Crippen LogP contribution in [0.5, 0.6) is 0 Å². The second kappa shape index (κ2) is 3.94. The second-order valence-corrected chi connectivity index (χ2v) is 3.98. The van der Waals surface area contributed by atoms with Crippen molar-refractivity contribution in [3.8, 4) is 0 Å². The highest BCUT2D eigenvalue weighted by Gasteiger charge is 2.23. The second-order valence-electron chi connectivity index (χ2n) is 3.98. The van der Waals surface area contributed by atoms with Gasteiger partial charge in [0.1, 0.15) is 0 Å². The van der Waals surface area contributed by atoms with Crippen LogP contribution in [-0.2, 0) is 0 Å². The van der Waals surface area contributed by atoms with E-state index in [1.54, 1.807) is 0 Å². The first-order valence-electron chi connectivity index (χ1n) is 4.90. The molecule has 1 fully saturated rings. The maximum atomic E-state index is 4.05. The van der Waals surface area contributed by atoms with Crippen LogP contribution in [0.25, 0.3) is 0 Å². The molecule has 1 saturated carbocycles. The van der Waals surface area contributed by atoms with E-state index in [1.807, 2.05) is 0 Å². The van der Waals surface area contributed by atoms with Crippen LogP contribution in [0.4, 0.5) is 0 Å². The lowest BCUT2D eigenvalue weighted by molar-refractivity contribution is 0.218. The molecular formula is C11H20. The van der Waals surface area contributed by atoms with Gasteiger partial charge in [-0.3, -0.25) is 0 Å². The molecule has 1 aliphatic carbocycles. The minimum Gasteiger partial charge on any atom is -0.0999 e. The summed E-state index contributed by atoms with van der Waals surface area (Å²) in [5.41, 5.74) is 1.43. The molecule has 0 aliphatic heterocycles. The lowest BCUT2D eigenvalue weighted by Gasteiger charge is -2.31. The Morgan fingerprint density at radius 3 is 2.55 bits per heavy atom. The van der Waals surface area contributed by atoms with Crippen LogP contribution in [0.3, 0.4) is 0 Å². The standard InChI is InChI=1S/C11H20/c1-4-9(2)8-10(3)11-6-5-7-11/h10-11H,2,4-8H2,1,3H3. The van der Waals surface area contributed by atoms with Gasteiger partial charge in [0.25, 0.3) is 0 Å². The number of rotatable bonds is 4. The van der Waals surface area contributed by atoms with Gasteiger partial charge in [0.05, 0.1) is 0 Å². The van der Waals surface area contributed by atoms with Crippen molar-refractivity contribution < 1.29 is 0 Å². The third-order valence-corrected chi connectivity index (χ3v) is 3.07. The minimum absolute atomic E-state index is 0.899. The highest BCUT2D eigenvalue weighted by molar-refractivity contribution is 4.95. The van der Waals surface area contributed by atoms with Crippen LogP contribution in [0, 0.1) is 11.8 Å². The maximum absolute atomic E-state index is 4.05. The van der Waals surface area contributed by atoms with Gasteiger partial charge in [0, 0.05) is 0 Å². The quantitative estimate of drug-likeness (QED) is 0.538. The fourth-order valence-corrected chi connectivity index (χ4v) is 1.78. The van der Waals surface area contributed by atoms with Crippen LogP contribution in [0.15, 0.2) is 12.2 Å². The van der Waals surface area contributed by atoms with E-state index in [9.17, 15) is 0 Å². The van der Waals surface area contributed by atoms with Gasteiger partial charge in [-0.1, -0.05) is 45.3 Å². The molecule has 64 valence electrons. The molecule has 0 heterocycles. The van der Waals surface area contributed by atoms with Crippen molar-refractivity contribution in [2.75, 3.05) is 0 Å². The minimum atomic E-state index is 0.899. The third kappa shape index (κ3) is 2.36. The van der Waals surface area contributed by atoms with E-state index in [2.05, 4.69) is 20.4 Å². The molecule has 1 rings (SSSR count). The van der Waals surface area contributed by atoms with E-state index in [1.165, 1.54) is 31.3 Å². The van der Waals surface area contributed by atoms with Crippen molar-refractivity contribution in [2.45, 2.75) is 46.0 Å². The SMILES string of the molecule is C=C(CC)CC(C)C1CCC1. The average molecular weight is 152 g/mol. The average Bonchev–Trinajstić information content (AvgIpc) is 1.83. The Balaban J connectivity index is 2.19. The molecule has 0 aromatic rings. The molecule has 1 aliphatic rings. The molecule has 0 nitrogen and oxygen atoms in total. The summed E-state index contributed by atoms with van der Waals surface area (Å²) in [4.78, 5) is 0.